The zero-order valence-electron chi connectivity index (χ0n) is 12.6. The van der Waals surface area contributed by atoms with Gasteiger partial charge in [0.2, 0.25) is 6.79 Å². The van der Waals surface area contributed by atoms with Crippen LogP contribution < -0.4 is 9.47 Å². The number of amides is 1. The number of rotatable bonds is 1. The standard InChI is InChI=1S/C18H15NO4/c1-21-13-3-2-12-7-17(20)19-5-4-11-6-15-16(23-10-22-15)8-14(11)18(12,19)9-13/h2-8,13H,9-10H2,1H3. The molecule has 5 heteroatoms. The van der Waals surface area contributed by atoms with Gasteiger partial charge in [0.1, 0.15) is 5.54 Å². The molecule has 0 saturated carbocycles. The van der Waals surface area contributed by atoms with E-state index in [1.165, 1.54) is 0 Å². The third kappa shape index (κ3) is 1.52. The fraction of sp³-hybridized carbons (Fsp3) is 0.278. The quantitative estimate of drug-likeness (QED) is 0.799. The van der Waals surface area contributed by atoms with Gasteiger partial charge in [0.25, 0.3) is 5.91 Å². The van der Waals surface area contributed by atoms with Gasteiger partial charge in [-0.25, -0.2) is 0 Å². The molecule has 4 aliphatic rings. The van der Waals surface area contributed by atoms with E-state index in [0.717, 1.165) is 28.2 Å². The first-order chi connectivity index (χ1) is 11.2. The average molecular weight is 309 g/mol. The number of carbonyl (C=O) groups excluding carboxylic acids is 1. The summed E-state index contributed by atoms with van der Waals surface area (Å²) in [5.41, 5.74) is 2.60. The Kier molecular flexibility index (Phi) is 2.40. The SMILES string of the molecule is COC1C=CC2=CC(=O)N3C=Cc4cc5c(cc4C23C1)OCO5. The molecule has 0 fully saturated rings. The van der Waals surface area contributed by atoms with Gasteiger partial charge in [0, 0.05) is 25.8 Å². The summed E-state index contributed by atoms with van der Waals surface area (Å²) in [5.74, 6) is 1.49. The maximum absolute atomic E-state index is 12.5. The molecule has 1 aliphatic carbocycles. The minimum atomic E-state index is -0.516. The average Bonchev–Trinajstić information content (AvgIpc) is 3.13. The molecule has 1 amide bonds. The molecular formula is C18H15NO4. The Bertz CT molecular complexity index is 823. The van der Waals surface area contributed by atoms with Crippen molar-refractivity contribution in [3.63, 3.8) is 0 Å². The van der Waals surface area contributed by atoms with Crippen LogP contribution in [0.4, 0.5) is 0 Å². The molecule has 1 aromatic rings. The molecule has 0 bridgehead atoms. The topological polar surface area (TPSA) is 48.0 Å². The van der Waals surface area contributed by atoms with Crippen LogP contribution in [0.15, 0.2) is 42.1 Å². The lowest BCUT2D eigenvalue weighted by molar-refractivity contribution is -0.126. The number of hydrogen-bond acceptors (Lipinski definition) is 4. The molecule has 5 rings (SSSR count). The summed E-state index contributed by atoms with van der Waals surface area (Å²) in [6.07, 6.45) is 10.2. The van der Waals surface area contributed by atoms with Gasteiger partial charge >= 0.3 is 0 Å². The van der Waals surface area contributed by atoms with Crippen LogP contribution in [0.25, 0.3) is 6.08 Å². The van der Waals surface area contributed by atoms with Gasteiger partial charge in [-0.2, -0.15) is 0 Å². The highest BCUT2D eigenvalue weighted by Gasteiger charge is 2.52. The van der Waals surface area contributed by atoms with Gasteiger partial charge in [0.05, 0.1) is 6.10 Å². The van der Waals surface area contributed by atoms with Gasteiger partial charge in [0.15, 0.2) is 11.5 Å². The highest BCUT2D eigenvalue weighted by atomic mass is 16.7. The first-order valence-electron chi connectivity index (χ1n) is 7.61. The Hall–Kier alpha value is -2.53. The number of nitrogens with zero attached hydrogens (tertiary/aromatic N) is 1. The van der Waals surface area contributed by atoms with E-state index in [1.807, 2.05) is 41.5 Å². The number of ether oxygens (including phenoxy) is 3. The third-order valence-electron chi connectivity index (χ3n) is 5.09. The van der Waals surface area contributed by atoms with Crippen molar-refractivity contribution in [2.24, 2.45) is 0 Å². The molecule has 116 valence electrons. The maximum atomic E-state index is 12.5. The zero-order valence-corrected chi connectivity index (χ0v) is 12.6. The van der Waals surface area contributed by atoms with E-state index in [0.29, 0.717) is 6.42 Å². The van der Waals surface area contributed by atoms with Crippen LogP contribution >= 0.6 is 0 Å². The van der Waals surface area contributed by atoms with Gasteiger partial charge in [-0.15, -0.1) is 0 Å². The smallest absolute Gasteiger partial charge is 0.251 e. The van der Waals surface area contributed by atoms with Gasteiger partial charge in [-0.1, -0.05) is 12.2 Å². The van der Waals surface area contributed by atoms with E-state index >= 15 is 0 Å². The van der Waals surface area contributed by atoms with Crippen molar-refractivity contribution in [1.29, 1.82) is 0 Å². The van der Waals surface area contributed by atoms with Crippen molar-refractivity contribution in [2.75, 3.05) is 13.9 Å². The molecule has 2 unspecified atom stereocenters. The van der Waals surface area contributed by atoms with E-state index in [1.54, 1.807) is 13.2 Å². The summed E-state index contributed by atoms with van der Waals surface area (Å²) in [7, 11) is 1.70. The van der Waals surface area contributed by atoms with Crippen molar-refractivity contribution in [1.82, 2.24) is 4.90 Å². The minimum absolute atomic E-state index is 0.000898. The molecule has 5 nitrogen and oxygen atoms in total. The first-order valence-corrected chi connectivity index (χ1v) is 7.61. The van der Waals surface area contributed by atoms with E-state index in [2.05, 4.69) is 0 Å². The lowest BCUT2D eigenvalue weighted by atomic mass is 9.72. The van der Waals surface area contributed by atoms with Crippen LogP contribution in [0, 0.1) is 0 Å². The van der Waals surface area contributed by atoms with Crippen molar-refractivity contribution < 1.29 is 19.0 Å². The number of hydrogen-bond donors (Lipinski definition) is 0. The second-order valence-corrected chi connectivity index (χ2v) is 6.11. The molecule has 23 heavy (non-hydrogen) atoms. The predicted octanol–water partition coefficient (Wildman–Crippen LogP) is 2.34. The molecule has 0 N–H and O–H groups in total. The Morgan fingerprint density at radius 3 is 2.91 bits per heavy atom. The summed E-state index contributed by atoms with van der Waals surface area (Å²) >= 11 is 0. The largest absolute Gasteiger partial charge is 0.454 e. The van der Waals surface area contributed by atoms with E-state index in [4.69, 9.17) is 14.2 Å². The second kappa shape index (κ2) is 4.26. The van der Waals surface area contributed by atoms with Gasteiger partial charge in [-0.05, 0) is 34.9 Å². The van der Waals surface area contributed by atoms with Crippen molar-refractivity contribution in [2.45, 2.75) is 18.1 Å². The minimum Gasteiger partial charge on any atom is -0.454 e. The van der Waals surface area contributed by atoms with Gasteiger partial charge < -0.3 is 19.1 Å². The Morgan fingerprint density at radius 2 is 2.09 bits per heavy atom. The number of fused-ring (bicyclic) bond motifs is 2. The molecule has 3 heterocycles. The molecule has 2 atom stereocenters. The fourth-order valence-electron chi connectivity index (χ4n) is 3.99. The Morgan fingerprint density at radius 1 is 1.26 bits per heavy atom. The van der Waals surface area contributed by atoms with E-state index in [-0.39, 0.29) is 18.8 Å². The molecule has 1 spiro atoms. The molecule has 0 aromatic heterocycles. The highest BCUT2D eigenvalue weighted by Crippen LogP contribution is 2.53. The number of carbonyl (C=O) groups is 1. The monoisotopic (exact) mass is 309 g/mol. The van der Waals surface area contributed by atoms with E-state index < -0.39 is 5.54 Å². The van der Waals surface area contributed by atoms with Gasteiger partial charge in [-0.3, -0.25) is 4.79 Å². The zero-order chi connectivity index (χ0) is 15.6. The van der Waals surface area contributed by atoms with Crippen molar-refractivity contribution in [3.8, 4) is 11.5 Å². The summed E-state index contributed by atoms with van der Waals surface area (Å²) < 4.78 is 16.6. The molecule has 0 saturated heterocycles. The summed E-state index contributed by atoms with van der Waals surface area (Å²) in [6, 6.07) is 3.99. The predicted molar refractivity (Wildman–Crippen MR) is 82.8 cm³/mol. The third-order valence-corrected chi connectivity index (χ3v) is 5.09. The van der Waals surface area contributed by atoms with Crippen LogP contribution in [0.1, 0.15) is 17.5 Å². The summed E-state index contributed by atoms with van der Waals surface area (Å²) in [5, 5.41) is 0. The molecule has 3 aliphatic heterocycles. The molecule has 0 radical (unpaired) electrons. The second-order valence-electron chi connectivity index (χ2n) is 6.11. The van der Waals surface area contributed by atoms with Crippen LogP contribution in [0.2, 0.25) is 0 Å². The van der Waals surface area contributed by atoms with Crippen LogP contribution in [-0.4, -0.2) is 30.8 Å². The summed E-state index contributed by atoms with van der Waals surface area (Å²) in [4.78, 5) is 14.3. The normalized spacial score (nSPS) is 29.3. The highest BCUT2D eigenvalue weighted by molar-refractivity contribution is 5.97. The Labute approximate surface area is 133 Å². The van der Waals surface area contributed by atoms with Crippen molar-refractivity contribution in [3.05, 3.63) is 53.3 Å². The van der Waals surface area contributed by atoms with Crippen LogP contribution in [0.3, 0.4) is 0 Å². The van der Waals surface area contributed by atoms with Crippen molar-refractivity contribution >= 4 is 12.0 Å². The number of methoxy groups -OCH3 is 1. The lowest BCUT2D eigenvalue weighted by Gasteiger charge is -2.45. The Balaban J connectivity index is 1.77. The molecule has 1 aromatic carbocycles. The van der Waals surface area contributed by atoms with Crippen LogP contribution in [-0.2, 0) is 15.1 Å². The molecular weight excluding hydrogens is 294 g/mol. The lowest BCUT2D eigenvalue weighted by Crippen LogP contribution is -2.47. The number of benzene rings is 1. The summed E-state index contributed by atoms with van der Waals surface area (Å²) in [6.45, 7) is 0.237. The maximum Gasteiger partial charge on any atom is 0.251 e. The fourth-order valence-corrected chi connectivity index (χ4v) is 3.99. The first kappa shape index (κ1) is 13.0. The van der Waals surface area contributed by atoms with Crippen LogP contribution in [0.5, 0.6) is 11.5 Å². The van der Waals surface area contributed by atoms with E-state index in [9.17, 15) is 4.79 Å².